The van der Waals surface area contributed by atoms with Crippen molar-refractivity contribution < 1.29 is 4.79 Å². The lowest BCUT2D eigenvalue weighted by molar-refractivity contribution is 0.1000. The van der Waals surface area contributed by atoms with E-state index in [0.29, 0.717) is 5.56 Å². The second-order valence-electron chi connectivity index (χ2n) is 4.16. The van der Waals surface area contributed by atoms with E-state index in [4.69, 9.17) is 5.73 Å². The lowest BCUT2D eigenvalue weighted by Crippen LogP contribution is -2.12. The third-order valence-corrected chi connectivity index (χ3v) is 3.24. The van der Waals surface area contributed by atoms with Crippen LogP contribution in [0.3, 0.4) is 0 Å². The van der Waals surface area contributed by atoms with E-state index in [1.54, 1.807) is 6.07 Å². The van der Waals surface area contributed by atoms with E-state index in [2.05, 4.69) is 12.2 Å². The van der Waals surface area contributed by atoms with Crippen LogP contribution < -0.4 is 5.73 Å². The van der Waals surface area contributed by atoms with Gasteiger partial charge in [-0.25, -0.2) is 0 Å². The summed E-state index contributed by atoms with van der Waals surface area (Å²) in [4.78, 5) is 11.0. The summed E-state index contributed by atoms with van der Waals surface area (Å²) < 4.78 is 0. The van der Waals surface area contributed by atoms with E-state index in [9.17, 15) is 4.79 Å². The van der Waals surface area contributed by atoms with Crippen LogP contribution in [-0.4, -0.2) is 5.91 Å². The van der Waals surface area contributed by atoms with E-state index in [0.717, 1.165) is 0 Å². The molecule has 0 radical (unpaired) electrons. The molecule has 0 bridgehead atoms. The maximum atomic E-state index is 11.0. The molecule has 0 aromatic heterocycles. The summed E-state index contributed by atoms with van der Waals surface area (Å²) in [6.07, 6.45) is 6.81. The molecule has 0 atom stereocenters. The Morgan fingerprint density at radius 1 is 1.36 bits per heavy atom. The minimum Gasteiger partial charge on any atom is -0.366 e. The average Bonchev–Trinajstić information content (AvgIpc) is 2.85. The zero-order chi connectivity index (χ0) is 9.76. The molecular weight excluding hydrogens is 174 g/mol. The maximum Gasteiger partial charge on any atom is 0.248 e. The van der Waals surface area contributed by atoms with Crippen molar-refractivity contribution in [2.75, 3.05) is 0 Å². The molecule has 1 aromatic rings. The summed E-state index contributed by atoms with van der Waals surface area (Å²) in [6, 6.07) is 5.73. The SMILES string of the molecule is NC(=O)c1ccc2c(c1)C1(C=C2)CC1. The number of rotatable bonds is 1. The van der Waals surface area contributed by atoms with Crippen LogP contribution in [-0.2, 0) is 5.41 Å². The highest BCUT2D eigenvalue weighted by Crippen LogP contribution is 2.54. The summed E-state index contributed by atoms with van der Waals surface area (Å²) >= 11 is 0. The van der Waals surface area contributed by atoms with E-state index >= 15 is 0 Å². The smallest absolute Gasteiger partial charge is 0.248 e. The second-order valence-corrected chi connectivity index (χ2v) is 4.16. The summed E-state index contributed by atoms with van der Waals surface area (Å²) in [5.74, 6) is -0.337. The van der Waals surface area contributed by atoms with Gasteiger partial charge in [0, 0.05) is 11.0 Å². The first kappa shape index (κ1) is 7.80. The Bertz CT molecular complexity index is 455. The van der Waals surface area contributed by atoms with Crippen LogP contribution >= 0.6 is 0 Å². The zero-order valence-corrected chi connectivity index (χ0v) is 7.79. The summed E-state index contributed by atoms with van der Waals surface area (Å²) in [6.45, 7) is 0. The lowest BCUT2D eigenvalue weighted by Gasteiger charge is -2.08. The Morgan fingerprint density at radius 2 is 2.14 bits per heavy atom. The quantitative estimate of drug-likeness (QED) is 0.712. The fourth-order valence-corrected chi connectivity index (χ4v) is 2.20. The number of fused-ring (bicyclic) bond motifs is 2. The molecular formula is C12H11NO. The van der Waals surface area contributed by atoms with Gasteiger partial charge in [-0.15, -0.1) is 0 Å². The molecule has 70 valence electrons. The third kappa shape index (κ3) is 0.882. The van der Waals surface area contributed by atoms with Crippen LogP contribution in [0.15, 0.2) is 24.3 Å². The number of nitrogens with two attached hydrogens (primary N) is 1. The molecule has 1 amide bonds. The van der Waals surface area contributed by atoms with Gasteiger partial charge in [0.15, 0.2) is 0 Å². The molecule has 1 fully saturated rings. The topological polar surface area (TPSA) is 43.1 Å². The molecule has 3 rings (SSSR count). The van der Waals surface area contributed by atoms with Crippen LogP contribution in [0.5, 0.6) is 0 Å². The molecule has 0 saturated heterocycles. The van der Waals surface area contributed by atoms with Crippen LogP contribution in [0.4, 0.5) is 0 Å². The predicted octanol–water partition coefficient (Wildman–Crippen LogP) is 1.84. The molecule has 2 aliphatic carbocycles. The summed E-state index contributed by atoms with van der Waals surface area (Å²) in [5.41, 5.74) is 8.67. The van der Waals surface area contributed by atoms with Crippen molar-refractivity contribution in [3.8, 4) is 0 Å². The van der Waals surface area contributed by atoms with Gasteiger partial charge in [0.1, 0.15) is 0 Å². The van der Waals surface area contributed by atoms with Gasteiger partial charge in [0.05, 0.1) is 0 Å². The van der Waals surface area contributed by atoms with Crippen LogP contribution in [0.1, 0.15) is 34.3 Å². The molecule has 1 spiro atoms. The number of hydrogen-bond acceptors (Lipinski definition) is 1. The number of carbonyl (C=O) groups excluding carboxylic acids is 1. The van der Waals surface area contributed by atoms with Gasteiger partial charge >= 0.3 is 0 Å². The number of amides is 1. The number of benzene rings is 1. The molecule has 0 unspecified atom stereocenters. The van der Waals surface area contributed by atoms with E-state index in [-0.39, 0.29) is 11.3 Å². The van der Waals surface area contributed by atoms with E-state index in [1.165, 1.54) is 24.0 Å². The fraction of sp³-hybridized carbons (Fsp3) is 0.250. The zero-order valence-electron chi connectivity index (χ0n) is 7.79. The van der Waals surface area contributed by atoms with E-state index in [1.807, 2.05) is 12.1 Å². The molecule has 2 aliphatic rings. The van der Waals surface area contributed by atoms with Crippen molar-refractivity contribution in [2.45, 2.75) is 18.3 Å². The Kier molecular flexibility index (Phi) is 1.26. The Balaban J connectivity index is 2.16. The van der Waals surface area contributed by atoms with E-state index < -0.39 is 0 Å². The number of allylic oxidation sites excluding steroid dienone is 1. The molecule has 0 heterocycles. The van der Waals surface area contributed by atoms with Crippen molar-refractivity contribution >= 4 is 12.0 Å². The largest absolute Gasteiger partial charge is 0.366 e. The van der Waals surface area contributed by atoms with Crippen LogP contribution in [0.25, 0.3) is 6.08 Å². The Hall–Kier alpha value is -1.57. The van der Waals surface area contributed by atoms with Crippen molar-refractivity contribution in [1.82, 2.24) is 0 Å². The molecule has 0 aliphatic heterocycles. The van der Waals surface area contributed by atoms with Gasteiger partial charge in [-0.05, 0) is 36.1 Å². The fourth-order valence-electron chi connectivity index (χ4n) is 2.20. The number of carbonyl (C=O) groups is 1. The maximum absolute atomic E-state index is 11.0. The normalized spacial score (nSPS) is 19.7. The van der Waals surface area contributed by atoms with Gasteiger partial charge in [0.25, 0.3) is 0 Å². The second kappa shape index (κ2) is 2.27. The third-order valence-electron chi connectivity index (χ3n) is 3.24. The van der Waals surface area contributed by atoms with Crippen molar-refractivity contribution in [3.63, 3.8) is 0 Å². The molecule has 2 heteroatoms. The predicted molar refractivity (Wildman–Crippen MR) is 54.9 cm³/mol. The number of hydrogen-bond donors (Lipinski definition) is 1. The van der Waals surface area contributed by atoms with Gasteiger partial charge in [-0.3, -0.25) is 4.79 Å². The Morgan fingerprint density at radius 3 is 2.79 bits per heavy atom. The minimum atomic E-state index is -0.337. The van der Waals surface area contributed by atoms with Crippen LogP contribution in [0.2, 0.25) is 0 Å². The standard InChI is InChI=1S/C12H11NO/c13-11(14)9-2-1-8-3-4-12(5-6-12)10(8)7-9/h1-4,7H,5-6H2,(H2,13,14). The first-order valence-electron chi connectivity index (χ1n) is 4.85. The Labute approximate surface area is 82.4 Å². The summed E-state index contributed by atoms with van der Waals surface area (Å²) in [5, 5.41) is 0. The minimum absolute atomic E-state index is 0.265. The first-order valence-corrected chi connectivity index (χ1v) is 4.85. The molecule has 2 N–H and O–H groups in total. The van der Waals surface area contributed by atoms with Crippen LogP contribution in [0, 0.1) is 0 Å². The first-order chi connectivity index (χ1) is 6.71. The molecule has 2 nitrogen and oxygen atoms in total. The molecule has 1 saturated carbocycles. The highest BCUT2D eigenvalue weighted by Gasteiger charge is 2.45. The highest BCUT2D eigenvalue weighted by atomic mass is 16.1. The monoisotopic (exact) mass is 185 g/mol. The summed E-state index contributed by atoms with van der Waals surface area (Å²) in [7, 11) is 0. The van der Waals surface area contributed by atoms with Gasteiger partial charge in [-0.1, -0.05) is 18.2 Å². The highest BCUT2D eigenvalue weighted by molar-refractivity contribution is 5.93. The van der Waals surface area contributed by atoms with Crippen molar-refractivity contribution in [1.29, 1.82) is 0 Å². The van der Waals surface area contributed by atoms with Crippen molar-refractivity contribution in [3.05, 3.63) is 41.0 Å². The molecule has 14 heavy (non-hydrogen) atoms. The number of primary amides is 1. The van der Waals surface area contributed by atoms with Gasteiger partial charge in [0.2, 0.25) is 5.91 Å². The van der Waals surface area contributed by atoms with Gasteiger partial charge in [-0.2, -0.15) is 0 Å². The molecule has 1 aromatic carbocycles. The van der Waals surface area contributed by atoms with Crippen molar-refractivity contribution in [2.24, 2.45) is 5.73 Å². The lowest BCUT2D eigenvalue weighted by atomic mass is 9.96. The van der Waals surface area contributed by atoms with Gasteiger partial charge < -0.3 is 5.73 Å². The average molecular weight is 185 g/mol.